The lowest BCUT2D eigenvalue weighted by molar-refractivity contribution is 0.562. The molecule has 0 saturated carbocycles. The van der Waals surface area contributed by atoms with Crippen LogP contribution in [0.3, 0.4) is 0 Å². The Kier molecular flexibility index (Phi) is 5.19. The van der Waals surface area contributed by atoms with Crippen LogP contribution in [-0.4, -0.2) is 16.1 Å². The first-order valence-corrected chi connectivity index (χ1v) is 6.33. The minimum absolute atomic E-state index is 0.0351. The lowest BCUT2D eigenvalue weighted by atomic mass is 10.1. The molecule has 4 heteroatoms. The van der Waals surface area contributed by atoms with E-state index in [0.29, 0.717) is 11.7 Å². The highest BCUT2D eigenvalue weighted by molar-refractivity contribution is 5.30. The lowest BCUT2D eigenvalue weighted by Crippen LogP contribution is -2.25. The molecule has 0 aliphatic heterocycles. The van der Waals surface area contributed by atoms with E-state index in [1.54, 1.807) is 17.0 Å². The molecule has 0 radical (unpaired) electrons. The maximum Gasteiger partial charge on any atom is 0.293 e. The Balaban J connectivity index is 2.60. The van der Waals surface area contributed by atoms with E-state index in [0.717, 1.165) is 19.4 Å². The number of hydrogen-bond donors (Lipinski definition) is 1. The zero-order valence-electron chi connectivity index (χ0n) is 11.2. The zero-order valence-corrected chi connectivity index (χ0v) is 11.2. The van der Waals surface area contributed by atoms with E-state index in [4.69, 9.17) is 0 Å². The molecule has 0 saturated heterocycles. The molecule has 1 aromatic rings. The predicted octanol–water partition coefficient (Wildman–Crippen LogP) is 2.67. The van der Waals surface area contributed by atoms with Crippen molar-refractivity contribution in [1.29, 1.82) is 0 Å². The van der Waals surface area contributed by atoms with Gasteiger partial charge in [0.1, 0.15) is 0 Å². The van der Waals surface area contributed by atoms with Crippen molar-refractivity contribution in [3.8, 4) is 0 Å². The Hall–Kier alpha value is -1.32. The highest BCUT2D eigenvalue weighted by Crippen LogP contribution is 2.04. The maximum absolute atomic E-state index is 12.0. The summed E-state index contributed by atoms with van der Waals surface area (Å²) in [5.41, 5.74) is -0.0351. The first-order chi connectivity index (χ1) is 8.02. The van der Waals surface area contributed by atoms with E-state index >= 15 is 0 Å². The Bertz CT molecular complexity index is 396. The van der Waals surface area contributed by atoms with Crippen molar-refractivity contribution in [3.05, 3.63) is 22.7 Å². The van der Waals surface area contributed by atoms with Crippen LogP contribution < -0.4 is 10.9 Å². The molecular weight excluding hydrogens is 214 g/mol. The average molecular weight is 237 g/mol. The molecule has 4 nitrogen and oxygen atoms in total. The number of rotatable bonds is 6. The van der Waals surface area contributed by atoms with Gasteiger partial charge in [-0.05, 0) is 32.6 Å². The topological polar surface area (TPSA) is 46.9 Å². The van der Waals surface area contributed by atoms with Crippen molar-refractivity contribution in [3.63, 3.8) is 0 Å². The maximum atomic E-state index is 12.0. The second kappa shape index (κ2) is 6.42. The van der Waals surface area contributed by atoms with Gasteiger partial charge in [-0.2, -0.15) is 0 Å². The van der Waals surface area contributed by atoms with E-state index in [1.807, 2.05) is 13.8 Å². The van der Waals surface area contributed by atoms with Crippen LogP contribution in [0.2, 0.25) is 0 Å². The van der Waals surface area contributed by atoms with Crippen molar-refractivity contribution in [2.75, 3.05) is 11.9 Å². The summed E-state index contributed by atoms with van der Waals surface area (Å²) in [4.78, 5) is 16.1. The van der Waals surface area contributed by atoms with Crippen molar-refractivity contribution < 1.29 is 0 Å². The average Bonchev–Trinajstić information content (AvgIpc) is 2.25. The van der Waals surface area contributed by atoms with Gasteiger partial charge in [-0.15, -0.1) is 0 Å². The van der Waals surface area contributed by atoms with E-state index in [2.05, 4.69) is 24.1 Å². The second-order valence-corrected chi connectivity index (χ2v) is 5.04. The summed E-state index contributed by atoms with van der Waals surface area (Å²) in [6, 6.07) is 0.168. The molecule has 0 aliphatic carbocycles. The lowest BCUT2D eigenvalue weighted by Gasteiger charge is -2.11. The van der Waals surface area contributed by atoms with E-state index in [9.17, 15) is 4.79 Å². The van der Waals surface area contributed by atoms with Gasteiger partial charge >= 0.3 is 0 Å². The monoisotopic (exact) mass is 237 g/mol. The molecule has 0 aromatic carbocycles. The van der Waals surface area contributed by atoms with Gasteiger partial charge in [-0.25, -0.2) is 4.98 Å². The van der Waals surface area contributed by atoms with Crippen LogP contribution in [0, 0.1) is 5.92 Å². The minimum atomic E-state index is -0.0351. The Labute approximate surface area is 103 Å². The summed E-state index contributed by atoms with van der Waals surface area (Å²) < 4.78 is 1.69. The van der Waals surface area contributed by atoms with Gasteiger partial charge in [0.2, 0.25) is 0 Å². The summed E-state index contributed by atoms with van der Waals surface area (Å²) in [6.07, 6.45) is 5.63. The summed E-state index contributed by atoms with van der Waals surface area (Å²) in [5.74, 6) is 1.16. The molecular formula is C13H23N3O. The van der Waals surface area contributed by atoms with Crippen LogP contribution in [0.15, 0.2) is 17.2 Å². The van der Waals surface area contributed by atoms with Crippen LogP contribution in [0.5, 0.6) is 0 Å². The fraction of sp³-hybridized carbons (Fsp3) is 0.692. The largest absolute Gasteiger partial charge is 0.365 e. The molecule has 0 bridgehead atoms. The zero-order chi connectivity index (χ0) is 12.8. The molecule has 0 spiro atoms. The van der Waals surface area contributed by atoms with E-state index in [-0.39, 0.29) is 11.6 Å². The molecule has 0 aliphatic rings. The standard InChI is InChI=1S/C13H23N3O/c1-10(2)6-5-7-14-12-13(17)16(11(3)4)9-8-15-12/h8-11H,5-7H2,1-4H3,(H,14,15). The number of hydrogen-bond acceptors (Lipinski definition) is 3. The predicted molar refractivity (Wildman–Crippen MR) is 71.4 cm³/mol. The van der Waals surface area contributed by atoms with Crippen molar-refractivity contribution >= 4 is 5.82 Å². The fourth-order valence-electron chi connectivity index (χ4n) is 1.67. The fourth-order valence-corrected chi connectivity index (χ4v) is 1.67. The smallest absolute Gasteiger partial charge is 0.293 e. The van der Waals surface area contributed by atoms with Crippen molar-refractivity contribution in [2.45, 2.75) is 46.6 Å². The Morgan fingerprint density at radius 3 is 2.65 bits per heavy atom. The van der Waals surface area contributed by atoms with Crippen LogP contribution in [0.1, 0.15) is 46.6 Å². The molecule has 1 heterocycles. The van der Waals surface area contributed by atoms with Gasteiger partial charge in [0.05, 0.1) is 0 Å². The Morgan fingerprint density at radius 1 is 1.35 bits per heavy atom. The van der Waals surface area contributed by atoms with Gasteiger partial charge in [0.15, 0.2) is 5.82 Å². The van der Waals surface area contributed by atoms with Gasteiger partial charge in [-0.3, -0.25) is 4.79 Å². The number of anilines is 1. The van der Waals surface area contributed by atoms with Gasteiger partial charge in [-0.1, -0.05) is 13.8 Å². The molecule has 17 heavy (non-hydrogen) atoms. The molecule has 0 fully saturated rings. The summed E-state index contributed by atoms with van der Waals surface area (Å²) in [6.45, 7) is 9.19. The van der Waals surface area contributed by atoms with Crippen molar-refractivity contribution in [1.82, 2.24) is 9.55 Å². The number of aromatic nitrogens is 2. The van der Waals surface area contributed by atoms with Gasteiger partial charge in [0.25, 0.3) is 5.56 Å². The van der Waals surface area contributed by atoms with E-state index in [1.165, 1.54) is 0 Å². The molecule has 0 unspecified atom stereocenters. The highest BCUT2D eigenvalue weighted by Gasteiger charge is 2.06. The molecule has 0 atom stereocenters. The van der Waals surface area contributed by atoms with Crippen molar-refractivity contribution in [2.24, 2.45) is 5.92 Å². The highest BCUT2D eigenvalue weighted by atomic mass is 16.1. The first kappa shape index (κ1) is 13.7. The molecule has 96 valence electrons. The minimum Gasteiger partial charge on any atom is -0.365 e. The Morgan fingerprint density at radius 2 is 2.06 bits per heavy atom. The first-order valence-electron chi connectivity index (χ1n) is 6.33. The second-order valence-electron chi connectivity index (χ2n) is 5.04. The van der Waals surface area contributed by atoms with Crippen LogP contribution in [0.25, 0.3) is 0 Å². The van der Waals surface area contributed by atoms with Crippen LogP contribution in [-0.2, 0) is 0 Å². The molecule has 1 aromatic heterocycles. The van der Waals surface area contributed by atoms with Crippen LogP contribution >= 0.6 is 0 Å². The SMILES string of the molecule is CC(C)CCCNc1nccn(C(C)C)c1=O. The third-order valence-corrected chi connectivity index (χ3v) is 2.68. The quantitative estimate of drug-likeness (QED) is 0.774. The number of nitrogens with one attached hydrogen (secondary N) is 1. The van der Waals surface area contributed by atoms with E-state index < -0.39 is 0 Å². The third kappa shape index (κ3) is 4.21. The number of nitrogens with zero attached hydrogens (tertiary/aromatic N) is 2. The summed E-state index contributed by atoms with van der Waals surface area (Å²) in [5, 5.41) is 3.12. The van der Waals surface area contributed by atoms with Crippen LogP contribution in [0.4, 0.5) is 5.82 Å². The normalized spacial score (nSPS) is 11.2. The summed E-state index contributed by atoms with van der Waals surface area (Å²) in [7, 11) is 0. The van der Waals surface area contributed by atoms with Gasteiger partial charge < -0.3 is 9.88 Å². The molecule has 1 rings (SSSR count). The summed E-state index contributed by atoms with van der Waals surface area (Å²) >= 11 is 0. The molecule has 0 amide bonds. The third-order valence-electron chi connectivity index (χ3n) is 2.68. The molecule has 1 N–H and O–H groups in total. The van der Waals surface area contributed by atoms with Gasteiger partial charge in [0, 0.05) is 25.0 Å².